The molecule has 0 amide bonds. The van der Waals surface area contributed by atoms with Crippen molar-refractivity contribution in [2.75, 3.05) is 5.73 Å². The van der Waals surface area contributed by atoms with Crippen molar-refractivity contribution in [1.82, 2.24) is 15.4 Å². The van der Waals surface area contributed by atoms with Crippen LogP contribution in [-0.4, -0.2) is 21.5 Å². The second-order valence-corrected chi connectivity index (χ2v) is 5.50. The van der Waals surface area contributed by atoms with Gasteiger partial charge in [0, 0.05) is 18.4 Å². The fourth-order valence-electron chi connectivity index (χ4n) is 2.96. The van der Waals surface area contributed by atoms with Crippen molar-refractivity contribution in [3.8, 4) is 17.0 Å². The van der Waals surface area contributed by atoms with Crippen LogP contribution in [0.25, 0.3) is 11.3 Å². The highest BCUT2D eigenvalue weighted by Crippen LogP contribution is 2.29. The minimum absolute atomic E-state index is 0.183. The SMILES string of the molecule is Nc1n[nH]nc1-c1cccc(OC2Cc3ccccc3C2)c1. The maximum Gasteiger partial charge on any atom is 0.173 e. The molecule has 22 heavy (non-hydrogen) atoms. The predicted octanol–water partition coefficient (Wildman–Crippen LogP) is 2.60. The van der Waals surface area contributed by atoms with Gasteiger partial charge in [-0.1, -0.05) is 36.4 Å². The molecular formula is C17H16N4O. The van der Waals surface area contributed by atoms with E-state index < -0.39 is 0 Å². The first-order chi connectivity index (χ1) is 10.8. The van der Waals surface area contributed by atoms with E-state index in [-0.39, 0.29) is 6.10 Å². The number of nitrogens with two attached hydrogens (primary N) is 1. The summed E-state index contributed by atoms with van der Waals surface area (Å²) in [7, 11) is 0. The molecule has 0 radical (unpaired) electrons. The number of hydrogen-bond donors (Lipinski definition) is 2. The van der Waals surface area contributed by atoms with E-state index in [1.54, 1.807) is 0 Å². The molecule has 2 aromatic carbocycles. The molecule has 5 nitrogen and oxygen atoms in total. The number of aromatic nitrogens is 3. The molecule has 1 heterocycles. The third-order valence-corrected chi connectivity index (χ3v) is 4.00. The van der Waals surface area contributed by atoms with Crippen molar-refractivity contribution >= 4 is 5.82 Å². The first kappa shape index (κ1) is 12.9. The molecule has 1 aliphatic rings. The van der Waals surface area contributed by atoms with Crippen molar-refractivity contribution in [3.05, 3.63) is 59.7 Å². The number of hydrogen-bond acceptors (Lipinski definition) is 4. The summed E-state index contributed by atoms with van der Waals surface area (Å²) in [6.45, 7) is 0. The summed E-state index contributed by atoms with van der Waals surface area (Å²) in [5, 5.41) is 10.5. The second kappa shape index (κ2) is 5.18. The summed E-state index contributed by atoms with van der Waals surface area (Å²) in [6.07, 6.45) is 2.08. The number of nitrogens with one attached hydrogen (secondary N) is 1. The van der Waals surface area contributed by atoms with Crippen LogP contribution in [0.1, 0.15) is 11.1 Å². The molecule has 0 bridgehead atoms. The Balaban J connectivity index is 1.54. The molecule has 0 atom stereocenters. The Morgan fingerprint density at radius 2 is 1.77 bits per heavy atom. The fraction of sp³-hybridized carbons (Fsp3) is 0.176. The van der Waals surface area contributed by atoms with Gasteiger partial charge in [-0.15, -0.1) is 5.10 Å². The third kappa shape index (κ3) is 2.30. The lowest BCUT2D eigenvalue weighted by Crippen LogP contribution is -2.16. The van der Waals surface area contributed by atoms with E-state index in [0.717, 1.165) is 24.2 Å². The van der Waals surface area contributed by atoms with Gasteiger partial charge in [-0.05, 0) is 23.3 Å². The molecule has 0 saturated heterocycles. The van der Waals surface area contributed by atoms with E-state index in [1.165, 1.54) is 11.1 Å². The lowest BCUT2D eigenvalue weighted by Gasteiger charge is -2.13. The van der Waals surface area contributed by atoms with Crippen LogP contribution in [0.4, 0.5) is 5.82 Å². The van der Waals surface area contributed by atoms with Gasteiger partial charge in [0.1, 0.15) is 17.5 Å². The van der Waals surface area contributed by atoms with Gasteiger partial charge in [-0.2, -0.15) is 10.3 Å². The number of rotatable bonds is 3. The van der Waals surface area contributed by atoms with E-state index >= 15 is 0 Å². The Morgan fingerprint density at radius 3 is 2.45 bits per heavy atom. The largest absolute Gasteiger partial charge is 0.490 e. The number of nitrogen functional groups attached to an aromatic ring is 1. The Kier molecular flexibility index (Phi) is 3.04. The maximum atomic E-state index is 6.14. The Morgan fingerprint density at radius 1 is 1.00 bits per heavy atom. The monoisotopic (exact) mass is 292 g/mol. The number of anilines is 1. The van der Waals surface area contributed by atoms with Gasteiger partial charge in [-0.3, -0.25) is 0 Å². The zero-order valence-electron chi connectivity index (χ0n) is 12.0. The molecule has 1 aromatic heterocycles. The summed E-state index contributed by atoms with van der Waals surface area (Å²) in [4.78, 5) is 0. The number of benzene rings is 2. The summed E-state index contributed by atoms with van der Waals surface area (Å²) in [5.41, 5.74) is 10.1. The van der Waals surface area contributed by atoms with E-state index in [1.807, 2.05) is 24.3 Å². The maximum absolute atomic E-state index is 6.14. The van der Waals surface area contributed by atoms with Crippen LogP contribution in [0, 0.1) is 0 Å². The highest BCUT2D eigenvalue weighted by molar-refractivity contribution is 5.70. The summed E-state index contributed by atoms with van der Waals surface area (Å²) < 4.78 is 6.14. The molecule has 1 aliphatic carbocycles. The lowest BCUT2D eigenvalue weighted by molar-refractivity contribution is 0.214. The molecular weight excluding hydrogens is 276 g/mol. The zero-order chi connectivity index (χ0) is 14.9. The predicted molar refractivity (Wildman–Crippen MR) is 84.5 cm³/mol. The highest BCUT2D eigenvalue weighted by Gasteiger charge is 2.22. The van der Waals surface area contributed by atoms with Crippen molar-refractivity contribution < 1.29 is 4.74 Å². The summed E-state index contributed by atoms with van der Waals surface area (Å²) >= 11 is 0. The van der Waals surface area contributed by atoms with Gasteiger partial charge in [0.05, 0.1) is 0 Å². The average Bonchev–Trinajstić information content (AvgIpc) is 3.12. The Hall–Kier alpha value is -2.82. The van der Waals surface area contributed by atoms with Crippen LogP contribution in [-0.2, 0) is 12.8 Å². The van der Waals surface area contributed by atoms with Crippen LogP contribution in [0.2, 0.25) is 0 Å². The van der Waals surface area contributed by atoms with E-state index in [4.69, 9.17) is 10.5 Å². The van der Waals surface area contributed by atoms with E-state index in [0.29, 0.717) is 11.5 Å². The molecule has 0 saturated carbocycles. The second-order valence-electron chi connectivity index (χ2n) is 5.50. The number of ether oxygens (including phenoxy) is 1. The number of nitrogens with zero attached hydrogens (tertiary/aromatic N) is 2. The molecule has 0 fully saturated rings. The van der Waals surface area contributed by atoms with Crippen LogP contribution in [0.3, 0.4) is 0 Å². The average molecular weight is 292 g/mol. The fourth-order valence-corrected chi connectivity index (χ4v) is 2.96. The van der Waals surface area contributed by atoms with Crippen LogP contribution >= 0.6 is 0 Å². The van der Waals surface area contributed by atoms with Gasteiger partial charge in [0.2, 0.25) is 0 Å². The summed E-state index contributed by atoms with van der Waals surface area (Å²) in [5.74, 6) is 1.23. The van der Waals surface area contributed by atoms with Crippen LogP contribution in [0.5, 0.6) is 5.75 Å². The standard InChI is InChI=1S/C17H16N4O/c18-17-16(19-21-20-17)13-6-3-7-14(10-13)22-15-8-11-4-1-2-5-12(11)9-15/h1-7,10,15H,8-9H2,(H3,18,19,20,21). The summed E-state index contributed by atoms with van der Waals surface area (Å²) in [6, 6.07) is 16.3. The molecule has 5 heteroatoms. The highest BCUT2D eigenvalue weighted by atomic mass is 16.5. The van der Waals surface area contributed by atoms with Crippen LogP contribution < -0.4 is 10.5 Å². The van der Waals surface area contributed by atoms with Crippen molar-refractivity contribution in [2.24, 2.45) is 0 Å². The smallest absolute Gasteiger partial charge is 0.173 e. The normalized spacial score (nSPS) is 14.0. The third-order valence-electron chi connectivity index (χ3n) is 4.00. The van der Waals surface area contributed by atoms with Crippen molar-refractivity contribution in [2.45, 2.75) is 18.9 Å². The van der Waals surface area contributed by atoms with Crippen molar-refractivity contribution in [1.29, 1.82) is 0 Å². The zero-order valence-corrected chi connectivity index (χ0v) is 12.0. The van der Waals surface area contributed by atoms with E-state index in [2.05, 4.69) is 39.7 Å². The van der Waals surface area contributed by atoms with Gasteiger partial charge >= 0.3 is 0 Å². The van der Waals surface area contributed by atoms with Gasteiger partial charge in [-0.25, -0.2) is 0 Å². The number of fused-ring (bicyclic) bond motifs is 1. The van der Waals surface area contributed by atoms with Gasteiger partial charge in [0.25, 0.3) is 0 Å². The van der Waals surface area contributed by atoms with E-state index in [9.17, 15) is 0 Å². The first-order valence-electron chi connectivity index (χ1n) is 7.30. The lowest BCUT2D eigenvalue weighted by atomic mass is 10.1. The number of H-pyrrole nitrogens is 1. The molecule has 0 spiro atoms. The molecule has 0 aliphatic heterocycles. The van der Waals surface area contributed by atoms with Crippen LogP contribution in [0.15, 0.2) is 48.5 Å². The molecule has 3 N–H and O–H groups in total. The minimum Gasteiger partial charge on any atom is -0.490 e. The molecule has 0 unspecified atom stereocenters. The molecule has 3 aromatic rings. The number of aromatic amines is 1. The minimum atomic E-state index is 0.183. The van der Waals surface area contributed by atoms with Gasteiger partial charge in [0.15, 0.2) is 5.82 Å². The quantitative estimate of drug-likeness (QED) is 0.778. The molecule has 4 rings (SSSR count). The van der Waals surface area contributed by atoms with Gasteiger partial charge < -0.3 is 10.5 Å². The Labute approximate surface area is 128 Å². The Bertz CT molecular complexity index is 787. The topological polar surface area (TPSA) is 76.8 Å². The molecule has 110 valence electrons. The first-order valence-corrected chi connectivity index (χ1v) is 7.30. The van der Waals surface area contributed by atoms with Crippen molar-refractivity contribution in [3.63, 3.8) is 0 Å².